The van der Waals surface area contributed by atoms with E-state index in [4.69, 9.17) is 20.8 Å². The molecule has 1 N–H and O–H groups in total. The maximum Gasteiger partial charge on any atom is 0.265 e. The highest BCUT2D eigenvalue weighted by molar-refractivity contribution is 7.92. The fourth-order valence-corrected chi connectivity index (χ4v) is 3.81. The zero-order chi connectivity index (χ0) is 18.2. The molecule has 0 saturated heterocycles. The van der Waals surface area contributed by atoms with E-state index in [1.807, 2.05) is 13.8 Å². The summed E-state index contributed by atoms with van der Waals surface area (Å²) >= 11 is 5.92. The summed E-state index contributed by atoms with van der Waals surface area (Å²) in [6.07, 6.45) is 0. The number of sulfonamides is 1. The second kappa shape index (κ2) is 6.57. The van der Waals surface area contributed by atoms with Gasteiger partial charge in [-0.2, -0.15) is 0 Å². The van der Waals surface area contributed by atoms with Gasteiger partial charge in [0, 0.05) is 17.0 Å². The predicted molar refractivity (Wildman–Crippen MR) is 96.9 cm³/mol. The Hall–Kier alpha value is -2.25. The number of hydrogen-bond acceptors (Lipinski definition) is 5. The lowest BCUT2D eigenvalue weighted by Gasteiger charge is -2.11. The van der Waals surface area contributed by atoms with Crippen LogP contribution in [0, 0.1) is 0 Å². The van der Waals surface area contributed by atoms with E-state index in [9.17, 15) is 8.42 Å². The van der Waals surface area contributed by atoms with E-state index in [2.05, 4.69) is 9.71 Å². The molecule has 25 heavy (non-hydrogen) atoms. The van der Waals surface area contributed by atoms with Gasteiger partial charge in [0.2, 0.25) is 0 Å². The van der Waals surface area contributed by atoms with Gasteiger partial charge in [-0.3, -0.25) is 4.72 Å². The smallest absolute Gasteiger partial charge is 0.265 e. The Balaban J connectivity index is 1.98. The summed E-state index contributed by atoms with van der Waals surface area (Å²) in [5.74, 6) is 0.953. The highest BCUT2D eigenvalue weighted by atomic mass is 35.5. The molecule has 6 nitrogen and oxygen atoms in total. The number of fused-ring (bicyclic) bond motifs is 1. The fourth-order valence-electron chi connectivity index (χ4n) is 2.32. The molecular formula is C17H17ClN2O4S. The molecule has 3 aromatic rings. The third kappa shape index (κ3) is 3.57. The Morgan fingerprint density at radius 2 is 1.96 bits per heavy atom. The largest absolute Gasteiger partial charge is 0.495 e. The lowest BCUT2D eigenvalue weighted by atomic mass is 10.2. The average Bonchev–Trinajstić information content (AvgIpc) is 2.98. The van der Waals surface area contributed by atoms with Crippen LogP contribution in [-0.4, -0.2) is 20.5 Å². The van der Waals surface area contributed by atoms with Gasteiger partial charge in [0.1, 0.15) is 16.2 Å². The third-order valence-corrected chi connectivity index (χ3v) is 5.20. The Morgan fingerprint density at radius 1 is 1.20 bits per heavy atom. The second-order valence-electron chi connectivity index (χ2n) is 5.79. The van der Waals surface area contributed by atoms with E-state index in [-0.39, 0.29) is 16.6 Å². The number of nitrogens with one attached hydrogen (secondary N) is 1. The third-order valence-electron chi connectivity index (χ3n) is 3.57. The van der Waals surface area contributed by atoms with Crippen molar-refractivity contribution in [1.82, 2.24) is 4.98 Å². The molecule has 0 bridgehead atoms. The number of anilines is 1. The molecule has 0 radical (unpaired) electrons. The Labute approximate surface area is 150 Å². The molecule has 8 heteroatoms. The molecule has 1 aromatic heterocycles. The van der Waals surface area contributed by atoms with Gasteiger partial charge in [0.05, 0.1) is 12.8 Å². The van der Waals surface area contributed by atoms with E-state index in [0.717, 1.165) is 0 Å². The van der Waals surface area contributed by atoms with Crippen LogP contribution in [0.25, 0.3) is 11.1 Å². The summed E-state index contributed by atoms with van der Waals surface area (Å²) in [5, 5.41) is 0.299. The lowest BCUT2D eigenvalue weighted by molar-refractivity contribution is 0.403. The number of nitrogens with zero attached hydrogens (tertiary/aromatic N) is 1. The van der Waals surface area contributed by atoms with E-state index in [1.165, 1.54) is 19.2 Å². The van der Waals surface area contributed by atoms with Crippen LogP contribution >= 0.6 is 11.6 Å². The van der Waals surface area contributed by atoms with Gasteiger partial charge in [0.15, 0.2) is 11.5 Å². The van der Waals surface area contributed by atoms with Crippen LogP contribution in [0.3, 0.4) is 0 Å². The normalized spacial score (nSPS) is 11.9. The molecule has 0 spiro atoms. The number of benzene rings is 2. The zero-order valence-corrected chi connectivity index (χ0v) is 15.5. The average molecular weight is 381 g/mol. The van der Waals surface area contributed by atoms with Crippen LogP contribution in [0.4, 0.5) is 5.69 Å². The number of rotatable bonds is 5. The topological polar surface area (TPSA) is 81.4 Å². The van der Waals surface area contributed by atoms with Crippen molar-refractivity contribution in [2.24, 2.45) is 0 Å². The van der Waals surface area contributed by atoms with Crippen molar-refractivity contribution >= 4 is 38.4 Å². The minimum Gasteiger partial charge on any atom is -0.495 e. The number of oxazole rings is 1. The van der Waals surface area contributed by atoms with Crippen molar-refractivity contribution in [3.05, 3.63) is 47.3 Å². The highest BCUT2D eigenvalue weighted by Gasteiger charge is 2.21. The van der Waals surface area contributed by atoms with Crippen molar-refractivity contribution in [2.45, 2.75) is 24.7 Å². The number of hydrogen-bond donors (Lipinski definition) is 1. The number of aromatic nitrogens is 1. The Kier molecular flexibility index (Phi) is 4.62. The van der Waals surface area contributed by atoms with Crippen molar-refractivity contribution in [1.29, 1.82) is 0 Å². The van der Waals surface area contributed by atoms with Crippen LogP contribution in [0.2, 0.25) is 5.02 Å². The number of halogens is 1. The maximum atomic E-state index is 12.7. The summed E-state index contributed by atoms with van der Waals surface area (Å²) in [6, 6.07) is 9.34. The molecule has 132 valence electrons. The van der Waals surface area contributed by atoms with Crippen molar-refractivity contribution < 1.29 is 17.6 Å². The summed E-state index contributed by atoms with van der Waals surface area (Å²) in [4.78, 5) is 4.33. The number of ether oxygens (including phenoxy) is 1. The predicted octanol–water partition coefficient (Wildman–Crippen LogP) is 4.41. The van der Waals surface area contributed by atoms with Gasteiger partial charge in [-0.15, -0.1) is 0 Å². The monoisotopic (exact) mass is 380 g/mol. The molecule has 0 aliphatic heterocycles. The van der Waals surface area contributed by atoms with Crippen LogP contribution in [0.5, 0.6) is 5.75 Å². The van der Waals surface area contributed by atoms with Gasteiger partial charge < -0.3 is 9.15 Å². The molecule has 0 atom stereocenters. The van der Waals surface area contributed by atoms with Gasteiger partial charge in [-0.05, 0) is 30.3 Å². The first-order chi connectivity index (χ1) is 11.8. The second-order valence-corrected chi connectivity index (χ2v) is 7.88. The van der Waals surface area contributed by atoms with Crippen LogP contribution in [-0.2, 0) is 10.0 Å². The van der Waals surface area contributed by atoms with E-state index >= 15 is 0 Å². The van der Waals surface area contributed by atoms with Gasteiger partial charge in [-0.25, -0.2) is 13.4 Å². The van der Waals surface area contributed by atoms with Crippen LogP contribution in [0.15, 0.2) is 45.7 Å². The lowest BCUT2D eigenvalue weighted by Crippen LogP contribution is -2.14. The van der Waals surface area contributed by atoms with E-state index in [1.54, 1.807) is 24.3 Å². The first-order valence-electron chi connectivity index (χ1n) is 7.57. The molecule has 1 heterocycles. The Morgan fingerprint density at radius 3 is 2.64 bits per heavy atom. The van der Waals surface area contributed by atoms with Crippen molar-refractivity contribution in [3.63, 3.8) is 0 Å². The summed E-state index contributed by atoms with van der Waals surface area (Å²) in [6.45, 7) is 3.94. The fraction of sp³-hybridized carbons (Fsp3) is 0.235. The minimum absolute atomic E-state index is 0.0389. The van der Waals surface area contributed by atoms with Crippen molar-refractivity contribution in [2.75, 3.05) is 11.8 Å². The maximum absolute atomic E-state index is 12.7. The molecule has 3 rings (SSSR count). The van der Waals surface area contributed by atoms with Crippen molar-refractivity contribution in [3.8, 4) is 5.75 Å². The molecule has 0 unspecified atom stereocenters. The van der Waals surface area contributed by atoms with Gasteiger partial charge in [-0.1, -0.05) is 25.4 Å². The highest BCUT2D eigenvalue weighted by Crippen LogP contribution is 2.30. The molecule has 2 aromatic carbocycles. The van der Waals surface area contributed by atoms with Crippen LogP contribution in [0.1, 0.15) is 25.7 Å². The van der Waals surface area contributed by atoms with E-state index < -0.39 is 10.0 Å². The SMILES string of the molecule is COc1ccc(Cl)cc1S(=O)(=O)Nc1ccc2nc(C(C)C)oc2c1. The first-order valence-corrected chi connectivity index (χ1v) is 9.43. The van der Waals surface area contributed by atoms with Crippen LogP contribution < -0.4 is 9.46 Å². The summed E-state index contributed by atoms with van der Waals surface area (Å²) < 4.78 is 38.7. The summed E-state index contributed by atoms with van der Waals surface area (Å²) in [7, 11) is -2.48. The molecule has 0 aliphatic rings. The zero-order valence-electron chi connectivity index (χ0n) is 13.9. The molecule has 0 saturated carbocycles. The van der Waals surface area contributed by atoms with Gasteiger partial charge >= 0.3 is 0 Å². The standard InChI is InChI=1S/C17H17ClN2O4S/c1-10(2)17-19-13-6-5-12(9-15(13)24-17)20-25(21,22)16-8-11(18)4-7-14(16)23-3/h4-10,20H,1-3H3. The number of methoxy groups -OCH3 is 1. The first kappa shape index (κ1) is 17.6. The quantitative estimate of drug-likeness (QED) is 0.708. The van der Waals surface area contributed by atoms with E-state index in [0.29, 0.717) is 27.7 Å². The molecule has 0 fully saturated rings. The molecule has 0 aliphatic carbocycles. The molecular weight excluding hydrogens is 364 g/mol. The van der Waals surface area contributed by atoms with Gasteiger partial charge in [0.25, 0.3) is 10.0 Å². The Bertz CT molecular complexity index is 1030. The summed E-state index contributed by atoms with van der Waals surface area (Å²) in [5.41, 5.74) is 1.55. The minimum atomic E-state index is -3.88. The molecule has 0 amide bonds.